The van der Waals surface area contributed by atoms with Crippen molar-refractivity contribution < 1.29 is 0 Å². The van der Waals surface area contributed by atoms with Gasteiger partial charge in [-0.1, -0.05) is 80.1 Å². The first-order chi connectivity index (χ1) is 12.1. The van der Waals surface area contributed by atoms with E-state index in [1.807, 2.05) is 0 Å². The molecule has 1 aromatic heterocycles. The Morgan fingerprint density at radius 3 is 2.40 bits per heavy atom. The summed E-state index contributed by atoms with van der Waals surface area (Å²) >= 11 is 0. The van der Waals surface area contributed by atoms with Gasteiger partial charge in [-0.05, 0) is 30.2 Å². The van der Waals surface area contributed by atoms with Crippen molar-refractivity contribution in [3.63, 3.8) is 0 Å². The largest absolute Gasteiger partial charge is 0.312 e. The molecule has 0 saturated carbocycles. The van der Waals surface area contributed by atoms with E-state index in [-0.39, 0.29) is 5.41 Å². The third kappa shape index (κ3) is 1.84. The normalized spacial score (nSPS) is 14.5. The van der Waals surface area contributed by atoms with Crippen molar-refractivity contribution in [2.75, 3.05) is 0 Å². The number of benzene rings is 3. The summed E-state index contributed by atoms with van der Waals surface area (Å²) in [4.78, 5) is 0. The number of aryl methyl sites for hydroxylation is 1. The number of hydrogen-bond donors (Lipinski definition) is 0. The first kappa shape index (κ1) is 14.5. The molecule has 0 amide bonds. The van der Waals surface area contributed by atoms with Gasteiger partial charge in [-0.15, -0.1) is 0 Å². The van der Waals surface area contributed by atoms with Gasteiger partial charge in [0.25, 0.3) is 0 Å². The van der Waals surface area contributed by atoms with Gasteiger partial charge in [0.1, 0.15) is 0 Å². The summed E-state index contributed by atoms with van der Waals surface area (Å²) < 4.78 is 2.47. The average molecular weight is 323 g/mol. The number of rotatable bonds is 1. The van der Waals surface area contributed by atoms with Crippen molar-refractivity contribution in [3.05, 3.63) is 89.6 Å². The predicted octanol–water partition coefficient (Wildman–Crippen LogP) is 6.25. The van der Waals surface area contributed by atoms with E-state index in [0.29, 0.717) is 0 Å². The quantitative estimate of drug-likeness (QED) is 0.390. The van der Waals surface area contributed by atoms with Crippen molar-refractivity contribution in [2.45, 2.75) is 26.2 Å². The molecular formula is C24H21N. The molecule has 1 aliphatic rings. The molecule has 0 saturated heterocycles. The predicted molar refractivity (Wildman–Crippen MR) is 106 cm³/mol. The molecule has 0 atom stereocenters. The zero-order valence-electron chi connectivity index (χ0n) is 14.9. The van der Waals surface area contributed by atoms with Crippen LogP contribution in [0.4, 0.5) is 0 Å². The van der Waals surface area contributed by atoms with E-state index in [0.717, 1.165) is 0 Å². The van der Waals surface area contributed by atoms with Crippen molar-refractivity contribution >= 4 is 10.9 Å². The van der Waals surface area contributed by atoms with Crippen LogP contribution in [0.1, 0.15) is 30.7 Å². The number of para-hydroxylation sites is 2. The van der Waals surface area contributed by atoms with Gasteiger partial charge in [0.05, 0.1) is 11.2 Å². The van der Waals surface area contributed by atoms with Crippen LogP contribution in [0.5, 0.6) is 0 Å². The zero-order valence-corrected chi connectivity index (χ0v) is 14.9. The Balaban J connectivity index is 1.98. The molecule has 25 heavy (non-hydrogen) atoms. The molecule has 4 aromatic rings. The van der Waals surface area contributed by atoms with Crippen LogP contribution in [0, 0.1) is 6.92 Å². The molecule has 1 aliphatic heterocycles. The lowest BCUT2D eigenvalue weighted by molar-refractivity contribution is 0.646. The Hall–Kier alpha value is -2.80. The number of aromatic nitrogens is 1. The van der Waals surface area contributed by atoms with Gasteiger partial charge >= 0.3 is 0 Å². The summed E-state index contributed by atoms with van der Waals surface area (Å²) in [6, 6.07) is 26.5. The maximum atomic E-state index is 2.47. The Morgan fingerprint density at radius 1 is 0.800 bits per heavy atom. The van der Waals surface area contributed by atoms with E-state index in [9.17, 15) is 0 Å². The second-order valence-corrected chi connectivity index (χ2v) is 7.59. The molecule has 3 aromatic carbocycles. The minimum atomic E-state index is -0.0192. The highest BCUT2D eigenvalue weighted by Gasteiger charge is 2.40. The summed E-state index contributed by atoms with van der Waals surface area (Å²) in [7, 11) is 0. The molecule has 2 heterocycles. The minimum Gasteiger partial charge on any atom is -0.312 e. The van der Waals surface area contributed by atoms with E-state index in [1.165, 1.54) is 44.5 Å². The fraction of sp³-hybridized carbons (Fsp3) is 0.167. The van der Waals surface area contributed by atoms with Crippen molar-refractivity contribution in [2.24, 2.45) is 0 Å². The van der Waals surface area contributed by atoms with Crippen LogP contribution in [0.15, 0.2) is 72.8 Å². The van der Waals surface area contributed by atoms with E-state index in [2.05, 4.69) is 98.1 Å². The Morgan fingerprint density at radius 2 is 1.56 bits per heavy atom. The maximum absolute atomic E-state index is 2.47. The van der Waals surface area contributed by atoms with Crippen LogP contribution in [0.25, 0.3) is 27.7 Å². The maximum Gasteiger partial charge on any atom is 0.0538 e. The molecule has 0 spiro atoms. The van der Waals surface area contributed by atoms with Crippen LogP contribution in [-0.4, -0.2) is 4.57 Å². The zero-order chi connectivity index (χ0) is 17.2. The third-order valence-electron chi connectivity index (χ3n) is 5.59. The fourth-order valence-electron chi connectivity index (χ4n) is 4.50. The highest BCUT2D eigenvalue weighted by molar-refractivity contribution is 6.01. The van der Waals surface area contributed by atoms with Crippen LogP contribution >= 0.6 is 0 Å². The SMILES string of the molecule is Cc1cccc(-c2c3n(c4ccccc24)-c2ccccc2C3(C)C)c1. The smallest absolute Gasteiger partial charge is 0.0538 e. The number of fused-ring (bicyclic) bond motifs is 5. The van der Waals surface area contributed by atoms with Gasteiger partial charge in [0.2, 0.25) is 0 Å². The van der Waals surface area contributed by atoms with Gasteiger partial charge in [-0.2, -0.15) is 0 Å². The summed E-state index contributed by atoms with van der Waals surface area (Å²) in [5.74, 6) is 0. The van der Waals surface area contributed by atoms with Crippen LogP contribution < -0.4 is 0 Å². The molecule has 0 bridgehead atoms. The van der Waals surface area contributed by atoms with E-state index in [4.69, 9.17) is 0 Å². The molecule has 5 rings (SSSR count). The Kier molecular flexibility index (Phi) is 2.82. The molecule has 0 N–H and O–H groups in total. The Bertz CT molecular complexity index is 1130. The fourth-order valence-corrected chi connectivity index (χ4v) is 4.50. The van der Waals surface area contributed by atoms with Crippen LogP contribution in [0.3, 0.4) is 0 Å². The summed E-state index contributed by atoms with van der Waals surface area (Å²) in [6.45, 7) is 6.87. The lowest BCUT2D eigenvalue weighted by atomic mass is 9.80. The number of hydrogen-bond acceptors (Lipinski definition) is 0. The molecule has 1 heteroatoms. The third-order valence-corrected chi connectivity index (χ3v) is 5.59. The molecule has 122 valence electrons. The number of nitrogens with zero attached hydrogens (tertiary/aromatic N) is 1. The topological polar surface area (TPSA) is 4.93 Å². The van der Waals surface area contributed by atoms with Crippen LogP contribution in [-0.2, 0) is 5.41 Å². The molecule has 0 radical (unpaired) electrons. The van der Waals surface area contributed by atoms with Crippen LogP contribution in [0.2, 0.25) is 0 Å². The molecule has 1 nitrogen and oxygen atoms in total. The van der Waals surface area contributed by atoms with Gasteiger partial charge in [-0.25, -0.2) is 0 Å². The monoisotopic (exact) mass is 323 g/mol. The first-order valence-electron chi connectivity index (χ1n) is 8.90. The van der Waals surface area contributed by atoms with E-state index >= 15 is 0 Å². The second-order valence-electron chi connectivity index (χ2n) is 7.59. The Labute approximate surface area is 148 Å². The summed E-state index contributed by atoms with van der Waals surface area (Å²) in [5.41, 5.74) is 9.39. The van der Waals surface area contributed by atoms with E-state index < -0.39 is 0 Å². The summed E-state index contributed by atoms with van der Waals surface area (Å²) in [6.07, 6.45) is 0. The lowest BCUT2D eigenvalue weighted by Gasteiger charge is -2.21. The van der Waals surface area contributed by atoms with Crippen molar-refractivity contribution in [3.8, 4) is 16.8 Å². The lowest BCUT2D eigenvalue weighted by Crippen LogP contribution is -2.16. The average Bonchev–Trinajstić information content (AvgIpc) is 3.08. The molecule has 0 fully saturated rings. The van der Waals surface area contributed by atoms with Gasteiger partial charge < -0.3 is 4.57 Å². The first-order valence-corrected chi connectivity index (χ1v) is 8.90. The second kappa shape index (κ2) is 4.86. The highest BCUT2D eigenvalue weighted by Crippen LogP contribution is 2.51. The highest BCUT2D eigenvalue weighted by atomic mass is 15.0. The van der Waals surface area contributed by atoms with Gasteiger partial charge in [0, 0.05) is 22.1 Å². The van der Waals surface area contributed by atoms with E-state index in [1.54, 1.807) is 0 Å². The minimum absolute atomic E-state index is 0.0192. The van der Waals surface area contributed by atoms with Gasteiger partial charge in [0.15, 0.2) is 0 Å². The van der Waals surface area contributed by atoms with Gasteiger partial charge in [-0.3, -0.25) is 0 Å². The van der Waals surface area contributed by atoms with Crippen molar-refractivity contribution in [1.82, 2.24) is 4.57 Å². The molecular weight excluding hydrogens is 302 g/mol. The summed E-state index contributed by atoms with van der Waals surface area (Å²) in [5, 5.41) is 1.34. The molecule has 0 aliphatic carbocycles. The molecule has 0 unspecified atom stereocenters. The van der Waals surface area contributed by atoms with Crippen molar-refractivity contribution in [1.29, 1.82) is 0 Å². The standard InChI is InChI=1S/C24H21N/c1-16-9-8-10-17(15-16)22-18-11-4-6-13-20(18)25-21-14-7-5-12-19(21)24(2,3)23(22)25/h4-15H,1-3H3.